The molecule has 0 spiro atoms. The van der Waals surface area contributed by atoms with Crippen molar-refractivity contribution >= 4 is 0 Å². The lowest BCUT2D eigenvalue weighted by Crippen LogP contribution is -2.22. The molecule has 20 heavy (non-hydrogen) atoms. The molecule has 0 radical (unpaired) electrons. The molecule has 1 aromatic carbocycles. The minimum Gasteiger partial charge on any atom is -0.493 e. The molecule has 0 amide bonds. The number of likely N-dealkylation sites (tertiary alicyclic amines) is 1. The molecule has 112 valence electrons. The average Bonchev–Trinajstić information content (AvgIpc) is 2.90. The Balaban J connectivity index is 1.82. The molecule has 1 heterocycles. The smallest absolute Gasteiger partial charge is 0.125 e. The maximum Gasteiger partial charge on any atom is 0.125 e. The van der Waals surface area contributed by atoms with Gasteiger partial charge in [0.25, 0.3) is 0 Å². The van der Waals surface area contributed by atoms with Gasteiger partial charge in [-0.2, -0.15) is 0 Å². The van der Waals surface area contributed by atoms with Gasteiger partial charge in [0.15, 0.2) is 0 Å². The van der Waals surface area contributed by atoms with Crippen LogP contribution in [0.4, 0.5) is 0 Å². The average molecular weight is 276 g/mol. The fourth-order valence-corrected chi connectivity index (χ4v) is 3.04. The summed E-state index contributed by atoms with van der Waals surface area (Å²) in [6.45, 7) is 9.74. The Hall–Kier alpha value is -1.06. The third kappa shape index (κ3) is 4.22. The fourth-order valence-electron chi connectivity index (χ4n) is 3.04. The van der Waals surface area contributed by atoms with Gasteiger partial charge >= 0.3 is 0 Å². The predicted molar refractivity (Wildman–Crippen MR) is 84.5 cm³/mol. The molecule has 1 N–H and O–H groups in total. The van der Waals surface area contributed by atoms with Crippen molar-refractivity contribution in [2.45, 2.75) is 39.7 Å². The normalized spacial score (nSPS) is 15.8. The predicted octanol–water partition coefficient (Wildman–Crippen LogP) is 2.89. The van der Waals surface area contributed by atoms with E-state index in [9.17, 15) is 0 Å². The molecule has 0 bridgehead atoms. The van der Waals surface area contributed by atoms with Crippen LogP contribution in [-0.4, -0.2) is 38.2 Å². The van der Waals surface area contributed by atoms with Gasteiger partial charge in [0.2, 0.25) is 0 Å². The number of ether oxygens (including phenoxy) is 1. The molecule has 1 saturated heterocycles. The van der Waals surface area contributed by atoms with Crippen LogP contribution in [0.3, 0.4) is 0 Å². The molecule has 1 aromatic rings. The summed E-state index contributed by atoms with van der Waals surface area (Å²) in [5.41, 5.74) is 3.82. The second-order valence-corrected chi connectivity index (χ2v) is 5.84. The van der Waals surface area contributed by atoms with E-state index in [0.29, 0.717) is 0 Å². The molecular weight excluding hydrogens is 248 g/mol. The van der Waals surface area contributed by atoms with Gasteiger partial charge in [-0.05, 0) is 69.9 Å². The SMILES string of the molecule is CNCc1cc(C)c(OCCCN2CCCC2)c(C)c1. The summed E-state index contributed by atoms with van der Waals surface area (Å²) in [4.78, 5) is 2.54. The number of hydrogen-bond donors (Lipinski definition) is 1. The van der Waals surface area contributed by atoms with Crippen molar-refractivity contribution < 1.29 is 4.74 Å². The Morgan fingerprint density at radius 3 is 2.40 bits per heavy atom. The minimum absolute atomic E-state index is 0.823. The first-order valence-electron chi connectivity index (χ1n) is 7.80. The van der Waals surface area contributed by atoms with E-state index in [-0.39, 0.29) is 0 Å². The molecule has 1 aliphatic heterocycles. The van der Waals surface area contributed by atoms with Gasteiger partial charge < -0.3 is 15.0 Å². The number of benzene rings is 1. The van der Waals surface area contributed by atoms with Gasteiger partial charge in [0, 0.05) is 13.1 Å². The zero-order chi connectivity index (χ0) is 14.4. The highest BCUT2D eigenvalue weighted by molar-refractivity contribution is 5.43. The largest absolute Gasteiger partial charge is 0.493 e. The molecule has 2 rings (SSSR count). The van der Waals surface area contributed by atoms with Crippen LogP contribution < -0.4 is 10.1 Å². The van der Waals surface area contributed by atoms with Crippen molar-refractivity contribution in [2.24, 2.45) is 0 Å². The fraction of sp³-hybridized carbons (Fsp3) is 0.647. The Bertz CT molecular complexity index is 402. The quantitative estimate of drug-likeness (QED) is 0.775. The van der Waals surface area contributed by atoms with Crippen LogP contribution in [0, 0.1) is 13.8 Å². The zero-order valence-electron chi connectivity index (χ0n) is 13.2. The topological polar surface area (TPSA) is 24.5 Å². The van der Waals surface area contributed by atoms with Gasteiger partial charge in [0.1, 0.15) is 5.75 Å². The Morgan fingerprint density at radius 1 is 1.15 bits per heavy atom. The summed E-state index contributed by atoms with van der Waals surface area (Å²) >= 11 is 0. The first kappa shape index (κ1) is 15.3. The van der Waals surface area contributed by atoms with Gasteiger partial charge in [0.05, 0.1) is 6.61 Å². The standard InChI is InChI=1S/C17H28N2O/c1-14-11-16(13-18-3)12-15(2)17(14)20-10-6-9-19-7-4-5-8-19/h11-12,18H,4-10,13H2,1-3H3. The molecule has 1 aliphatic rings. The van der Waals surface area contributed by atoms with E-state index in [1.807, 2.05) is 7.05 Å². The van der Waals surface area contributed by atoms with Crippen molar-refractivity contribution in [1.82, 2.24) is 10.2 Å². The van der Waals surface area contributed by atoms with Crippen molar-refractivity contribution in [3.8, 4) is 5.75 Å². The van der Waals surface area contributed by atoms with E-state index in [0.717, 1.165) is 25.3 Å². The highest BCUT2D eigenvalue weighted by atomic mass is 16.5. The van der Waals surface area contributed by atoms with Crippen LogP contribution in [-0.2, 0) is 6.54 Å². The van der Waals surface area contributed by atoms with Crippen LogP contribution in [0.2, 0.25) is 0 Å². The molecule has 3 nitrogen and oxygen atoms in total. The maximum absolute atomic E-state index is 6.01. The summed E-state index contributed by atoms with van der Waals surface area (Å²) in [6.07, 6.45) is 3.86. The Kier molecular flexibility index (Phi) is 5.86. The highest BCUT2D eigenvalue weighted by Crippen LogP contribution is 2.25. The van der Waals surface area contributed by atoms with E-state index in [1.165, 1.54) is 49.2 Å². The number of nitrogens with one attached hydrogen (secondary N) is 1. The van der Waals surface area contributed by atoms with E-state index >= 15 is 0 Å². The van der Waals surface area contributed by atoms with E-state index in [4.69, 9.17) is 4.74 Å². The Labute approximate surface area is 123 Å². The highest BCUT2D eigenvalue weighted by Gasteiger charge is 2.11. The molecule has 0 atom stereocenters. The number of aryl methyl sites for hydroxylation is 2. The molecular formula is C17H28N2O. The lowest BCUT2D eigenvalue weighted by molar-refractivity contribution is 0.261. The third-order valence-corrected chi connectivity index (χ3v) is 3.96. The molecule has 1 fully saturated rings. The lowest BCUT2D eigenvalue weighted by Gasteiger charge is -2.17. The summed E-state index contributed by atoms with van der Waals surface area (Å²) < 4.78 is 6.01. The molecule has 0 unspecified atom stereocenters. The summed E-state index contributed by atoms with van der Waals surface area (Å²) in [7, 11) is 1.98. The monoisotopic (exact) mass is 276 g/mol. The van der Waals surface area contributed by atoms with Crippen LogP contribution in [0.25, 0.3) is 0 Å². The van der Waals surface area contributed by atoms with E-state index in [1.54, 1.807) is 0 Å². The van der Waals surface area contributed by atoms with Crippen molar-refractivity contribution in [3.63, 3.8) is 0 Å². The first-order chi connectivity index (χ1) is 9.70. The van der Waals surface area contributed by atoms with Crippen LogP contribution in [0.15, 0.2) is 12.1 Å². The summed E-state index contributed by atoms with van der Waals surface area (Å²) in [5.74, 6) is 1.08. The maximum atomic E-state index is 6.01. The zero-order valence-corrected chi connectivity index (χ0v) is 13.2. The number of hydrogen-bond acceptors (Lipinski definition) is 3. The van der Waals surface area contributed by atoms with Crippen molar-refractivity contribution in [2.75, 3.05) is 33.3 Å². The van der Waals surface area contributed by atoms with Gasteiger partial charge in [-0.3, -0.25) is 0 Å². The van der Waals surface area contributed by atoms with Gasteiger partial charge in [-0.15, -0.1) is 0 Å². The van der Waals surface area contributed by atoms with Crippen LogP contribution >= 0.6 is 0 Å². The van der Waals surface area contributed by atoms with Gasteiger partial charge in [-0.25, -0.2) is 0 Å². The summed E-state index contributed by atoms with van der Waals surface area (Å²) in [5, 5.41) is 3.20. The third-order valence-electron chi connectivity index (χ3n) is 3.96. The van der Waals surface area contributed by atoms with Crippen molar-refractivity contribution in [1.29, 1.82) is 0 Å². The van der Waals surface area contributed by atoms with Crippen LogP contribution in [0.5, 0.6) is 5.75 Å². The van der Waals surface area contributed by atoms with Crippen LogP contribution in [0.1, 0.15) is 36.0 Å². The first-order valence-corrected chi connectivity index (χ1v) is 7.80. The minimum atomic E-state index is 0.823. The molecule has 3 heteroatoms. The van der Waals surface area contributed by atoms with E-state index in [2.05, 4.69) is 36.2 Å². The number of nitrogens with zero attached hydrogens (tertiary/aromatic N) is 1. The summed E-state index contributed by atoms with van der Waals surface area (Å²) in [6, 6.07) is 4.44. The lowest BCUT2D eigenvalue weighted by atomic mass is 10.1. The molecule has 0 aliphatic carbocycles. The Morgan fingerprint density at radius 2 is 1.80 bits per heavy atom. The number of rotatable bonds is 7. The second-order valence-electron chi connectivity index (χ2n) is 5.84. The molecule has 0 saturated carbocycles. The second kappa shape index (κ2) is 7.65. The molecule has 0 aromatic heterocycles. The van der Waals surface area contributed by atoms with Crippen molar-refractivity contribution in [3.05, 3.63) is 28.8 Å². The van der Waals surface area contributed by atoms with E-state index < -0.39 is 0 Å². The van der Waals surface area contributed by atoms with Gasteiger partial charge in [-0.1, -0.05) is 12.1 Å².